The summed E-state index contributed by atoms with van der Waals surface area (Å²) >= 11 is 0. The molecule has 1 atom stereocenters. The average Bonchev–Trinajstić information content (AvgIpc) is 2.86. The van der Waals surface area contributed by atoms with Crippen LogP contribution in [0.2, 0.25) is 0 Å². The van der Waals surface area contributed by atoms with E-state index < -0.39 is 5.60 Å². The molecule has 0 unspecified atom stereocenters. The summed E-state index contributed by atoms with van der Waals surface area (Å²) in [6.45, 7) is 11.7. The Labute approximate surface area is 134 Å². The van der Waals surface area contributed by atoms with Crippen LogP contribution in [0.4, 0.5) is 5.69 Å². The van der Waals surface area contributed by atoms with E-state index in [4.69, 9.17) is 4.74 Å². The molecule has 4 nitrogen and oxygen atoms in total. The molecule has 1 aromatic rings. The summed E-state index contributed by atoms with van der Waals surface area (Å²) in [4.78, 5) is 12.7. The van der Waals surface area contributed by atoms with Gasteiger partial charge < -0.3 is 9.75 Å². The van der Waals surface area contributed by atoms with Crippen molar-refractivity contribution in [3.63, 3.8) is 0 Å². The molecule has 0 N–H and O–H groups in total. The molecule has 0 aliphatic carbocycles. The predicted octanol–water partition coefficient (Wildman–Crippen LogP) is 3.48. The Hall–Kier alpha value is -1.55. The Morgan fingerprint density at radius 3 is 2.32 bits per heavy atom. The van der Waals surface area contributed by atoms with Crippen LogP contribution in [-0.2, 0) is 9.53 Å². The maximum Gasteiger partial charge on any atom is 0.326 e. The first-order valence-electron chi connectivity index (χ1n) is 8.11. The minimum Gasteiger partial charge on any atom is -0.459 e. The number of anilines is 1. The summed E-state index contributed by atoms with van der Waals surface area (Å²) in [6, 6.07) is 10.0. The molecule has 1 fully saturated rings. The zero-order valence-corrected chi connectivity index (χ0v) is 14.4. The lowest BCUT2D eigenvalue weighted by Gasteiger charge is -2.38. The molecule has 1 aliphatic rings. The van der Waals surface area contributed by atoms with Gasteiger partial charge in [0.1, 0.15) is 11.6 Å². The minimum atomic E-state index is -0.457. The fourth-order valence-corrected chi connectivity index (χ4v) is 2.90. The summed E-state index contributed by atoms with van der Waals surface area (Å²) < 4.78 is 5.65. The van der Waals surface area contributed by atoms with Gasteiger partial charge in [-0.05, 0) is 45.2 Å². The number of carbonyl (C=O) groups excluding carboxylic acids is 1. The summed E-state index contributed by atoms with van der Waals surface area (Å²) in [5, 5.41) is 4.39. The zero-order valence-electron chi connectivity index (χ0n) is 14.4. The summed E-state index contributed by atoms with van der Waals surface area (Å²) in [5.41, 5.74) is 0.677. The smallest absolute Gasteiger partial charge is 0.326 e. The molecule has 4 heteroatoms. The second kappa shape index (κ2) is 6.69. The van der Waals surface area contributed by atoms with E-state index in [-0.39, 0.29) is 17.9 Å². The number of hydrazine groups is 1. The van der Waals surface area contributed by atoms with E-state index in [1.165, 1.54) is 0 Å². The van der Waals surface area contributed by atoms with Gasteiger partial charge in [-0.15, -0.1) is 0 Å². The Balaban J connectivity index is 2.22. The van der Waals surface area contributed by atoms with Gasteiger partial charge in [-0.25, -0.2) is 5.01 Å². The molecule has 22 heavy (non-hydrogen) atoms. The van der Waals surface area contributed by atoms with E-state index in [1.807, 2.05) is 39.0 Å². The molecule has 2 rings (SSSR count). The largest absolute Gasteiger partial charge is 0.459 e. The molecule has 0 spiro atoms. The van der Waals surface area contributed by atoms with Crippen molar-refractivity contribution < 1.29 is 9.53 Å². The van der Waals surface area contributed by atoms with Crippen LogP contribution in [0.5, 0.6) is 0 Å². The van der Waals surface area contributed by atoms with Crippen molar-refractivity contribution in [3.05, 3.63) is 30.3 Å². The van der Waals surface area contributed by atoms with E-state index in [2.05, 4.69) is 36.0 Å². The topological polar surface area (TPSA) is 32.8 Å². The summed E-state index contributed by atoms with van der Waals surface area (Å²) in [5.74, 6) is 0.0597. The van der Waals surface area contributed by atoms with Gasteiger partial charge in [-0.2, -0.15) is 0 Å². The Kier molecular flexibility index (Phi) is 5.12. The van der Waals surface area contributed by atoms with Gasteiger partial charge in [-0.3, -0.25) is 4.79 Å². The van der Waals surface area contributed by atoms with Crippen molar-refractivity contribution >= 4 is 11.7 Å². The van der Waals surface area contributed by atoms with Gasteiger partial charge in [-0.1, -0.05) is 32.0 Å². The van der Waals surface area contributed by atoms with Gasteiger partial charge in [0.2, 0.25) is 0 Å². The molecule has 0 saturated carbocycles. The highest BCUT2D eigenvalue weighted by Gasteiger charge is 2.38. The number of ether oxygens (including phenoxy) is 1. The predicted molar refractivity (Wildman–Crippen MR) is 89.6 cm³/mol. The third-order valence-corrected chi connectivity index (χ3v) is 3.72. The fraction of sp³-hybridized carbons (Fsp3) is 0.611. The van der Waals surface area contributed by atoms with E-state index in [0.717, 1.165) is 25.2 Å². The standard InChI is InChI=1S/C18H28N2O2/c1-14(2)16(17(21)22-18(3,4)5)20-13-9-12-19(20)15-10-7-6-8-11-15/h6-8,10-11,14,16H,9,12-13H2,1-5H3/t16-/m0/s1. The SMILES string of the molecule is CC(C)[C@@H](C(=O)OC(C)(C)C)N1CCCN1c1ccccc1. The van der Waals surface area contributed by atoms with Crippen LogP contribution in [-0.4, -0.2) is 35.7 Å². The number of hydrogen-bond acceptors (Lipinski definition) is 4. The van der Waals surface area contributed by atoms with Gasteiger partial charge >= 0.3 is 5.97 Å². The number of hydrogen-bond donors (Lipinski definition) is 0. The molecule has 0 bridgehead atoms. The van der Waals surface area contributed by atoms with Crippen LogP contribution in [0, 0.1) is 5.92 Å². The van der Waals surface area contributed by atoms with Crippen LogP contribution >= 0.6 is 0 Å². The Morgan fingerprint density at radius 1 is 1.14 bits per heavy atom. The van der Waals surface area contributed by atoms with Gasteiger partial charge in [0, 0.05) is 13.1 Å². The number of para-hydroxylation sites is 1. The van der Waals surface area contributed by atoms with Crippen LogP contribution in [0.25, 0.3) is 0 Å². The second-order valence-corrected chi connectivity index (χ2v) is 7.20. The third-order valence-electron chi connectivity index (χ3n) is 3.72. The molecule has 1 aliphatic heterocycles. The highest BCUT2D eigenvalue weighted by molar-refractivity contribution is 5.77. The van der Waals surface area contributed by atoms with Crippen molar-refractivity contribution in [3.8, 4) is 0 Å². The molecule has 1 saturated heterocycles. The zero-order chi connectivity index (χ0) is 16.3. The van der Waals surface area contributed by atoms with Crippen molar-refractivity contribution in [2.75, 3.05) is 18.1 Å². The Morgan fingerprint density at radius 2 is 1.77 bits per heavy atom. The molecule has 0 amide bonds. The van der Waals surface area contributed by atoms with E-state index in [1.54, 1.807) is 0 Å². The molecule has 122 valence electrons. The molecular weight excluding hydrogens is 276 g/mol. The monoisotopic (exact) mass is 304 g/mol. The first kappa shape index (κ1) is 16.8. The highest BCUT2D eigenvalue weighted by Crippen LogP contribution is 2.27. The van der Waals surface area contributed by atoms with Gasteiger partial charge in [0.25, 0.3) is 0 Å². The summed E-state index contributed by atoms with van der Waals surface area (Å²) in [7, 11) is 0. The molecule has 0 radical (unpaired) electrons. The second-order valence-electron chi connectivity index (χ2n) is 7.20. The third kappa shape index (κ3) is 4.01. The van der Waals surface area contributed by atoms with E-state index in [9.17, 15) is 4.79 Å². The van der Waals surface area contributed by atoms with E-state index >= 15 is 0 Å². The molecule has 0 aromatic heterocycles. The number of esters is 1. The number of nitrogens with zero attached hydrogens (tertiary/aromatic N) is 2. The molecular formula is C18H28N2O2. The van der Waals surface area contributed by atoms with E-state index in [0.29, 0.717) is 0 Å². The lowest BCUT2D eigenvalue weighted by Crippen LogP contribution is -2.52. The maximum atomic E-state index is 12.7. The van der Waals surface area contributed by atoms with Gasteiger partial charge in [0.15, 0.2) is 0 Å². The first-order chi connectivity index (χ1) is 10.3. The van der Waals surface area contributed by atoms with Crippen molar-refractivity contribution in [1.82, 2.24) is 5.01 Å². The summed E-state index contributed by atoms with van der Waals surface area (Å²) in [6.07, 6.45) is 1.06. The van der Waals surface area contributed by atoms with Crippen molar-refractivity contribution in [2.24, 2.45) is 5.92 Å². The van der Waals surface area contributed by atoms with Crippen LogP contribution in [0.3, 0.4) is 0 Å². The fourth-order valence-electron chi connectivity index (χ4n) is 2.90. The quantitative estimate of drug-likeness (QED) is 0.797. The number of rotatable bonds is 4. The minimum absolute atomic E-state index is 0.134. The number of benzene rings is 1. The molecule has 1 heterocycles. The lowest BCUT2D eigenvalue weighted by atomic mass is 10.0. The normalized spacial score (nSPS) is 17.8. The van der Waals surface area contributed by atoms with Crippen LogP contribution in [0.15, 0.2) is 30.3 Å². The lowest BCUT2D eigenvalue weighted by molar-refractivity contribution is -0.163. The number of carbonyl (C=O) groups is 1. The van der Waals surface area contributed by atoms with Crippen LogP contribution < -0.4 is 5.01 Å². The van der Waals surface area contributed by atoms with Gasteiger partial charge in [0.05, 0.1) is 5.69 Å². The average molecular weight is 304 g/mol. The highest BCUT2D eigenvalue weighted by atomic mass is 16.6. The molecule has 1 aromatic carbocycles. The maximum absolute atomic E-state index is 12.7. The van der Waals surface area contributed by atoms with Crippen LogP contribution in [0.1, 0.15) is 41.0 Å². The van der Waals surface area contributed by atoms with Crippen molar-refractivity contribution in [1.29, 1.82) is 0 Å². The van der Waals surface area contributed by atoms with Crippen molar-refractivity contribution in [2.45, 2.75) is 52.7 Å². The Bertz CT molecular complexity index is 494. The first-order valence-corrected chi connectivity index (χ1v) is 8.11.